The SMILES string of the molecule is NC1CCC(OCc2ccc(Br)cc2[N+](=O)[O-])CC1. The van der Waals surface area contributed by atoms with E-state index in [-0.39, 0.29) is 29.4 Å². The topological polar surface area (TPSA) is 78.4 Å². The van der Waals surface area contributed by atoms with Gasteiger partial charge in [-0.25, -0.2) is 0 Å². The molecule has 6 heteroatoms. The maximum Gasteiger partial charge on any atom is 0.276 e. The first-order valence-electron chi connectivity index (χ1n) is 6.36. The molecule has 0 spiro atoms. The van der Waals surface area contributed by atoms with Gasteiger partial charge >= 0.3 is 0 Å². The molecule has 0 heterocycles. The van der Waals surface area contributed by atoms with Crippen LogP contribution < -0.4 is 5.73 Å². The fourth-order valence-electron chi connectivity index (χ4n) is 2.29. The smallest absolute Gasteiger partial charge is 0.276 e. The molecule has 1 fully saturated rings. The number of nitro groups is 1. The first kappa shape index (κ1) is 14.4. The molecular formula is C13H17BrN2O3. The summed E-state index contributed by atoms with van der Waals surface area (Å²) in [7, 11) is 0. The van der Waals surface area contributed by atoms with Gasteiger partial charge in [-0.05, 0) is 37.8 Å². The second-order valence-corrected chi connectivity index (χ2v) is 5.79. The van der Waals surface area contributed by atoms with Crippen LogP contribution in [0.3, 0.4) is 0 Å². The van der Waals surface area contributed by atoms with Crippen LogP contribution in [0.1, 0.15) is 31.2 Å². The van der Waals surface area contributed by atoms with E-state index in [1.165, 1.54) is 6.07 Å². The van der Waals surface area contributed by atoms with Crippen molar-refractivity contribution in [2.45, 2.75) is 44.4 Å². The minimum absolute atomic E-state index is 0.0990. The number of halogens is 1. The fraction of sp³-hybridized carbons (Fsp3) is 0.538. The first-order chi connectivity index (χ1) is 9.06. The normalized spacial score (nSPS) is 23.3. The minimum atomic E-state index is -0.375. The number of nitro benzene ring substituents is 1. The molecule has 0 saturated heterocycles. The van der Waals surface area contributed by atoms with Crippen LogP contribution in [-0.2, 0) is 11.3 Å². The highest BCUT2D eigenvalue weighted by Gasteiger charge is 2.21. The lowest BCUT2D eigenvalue weighted by molar-refractivity contribution is -0.386. The van der Waals surface area contributed by atoms with Crippen molar-refractivity contribution in [1.29, 1.82) is 0 Å². The summed E-state index contributed by atoms with van der Waals surface area (Å²) in [5, 5.41) is 11.0. The maximum atomic E-state index is 11.0. The highest BCUT2D eigenvalue weighted by Crippen LogP contribution is 2.26. The Kier molecular flexibility index (Phi) is 4.90. The van der Waals surface area contributed by atoms with E-state index in [2.05, 4.69) is 15.9 Å². The van der Waals surface area contributed by atoms with E-state index in [9.17, 15) is 10.1 Å². The van der Waals surface area contributed by atoms with Gasteiger partial charge in [0.15, 0.2) is 0 Å². The molecule has 0 atom stereocenters. The molecule has 1 aliphatic carbocycles. The lowest BCUT2D eigenvalue weighted by Crippen LogP contribution is -2.30. The lowest BCUT2D eigenvalue weighted by atomic mass is 9.94. The summed E-state index contributed by atoms with van der Waals surface area (Å²) in [6.45, 7) is 0.281. The van der Waals surface area contributed by atoms with Gasteiger partial charge in [0.2, 0.25) is 0 Å². The van der Waals surface area contributed by atoms with Crippen LogP contribution in [0.5, 0.6) is 0 Å². The zero-order valence-corrected chi connectivity index (χ0v) is 12.1. The van der Waals surface area contributed by atoms with E-state index in [1.807, 2.05) is 0 Å². The van der Waals surface area contributed by atoms with Gasteiger partial charge < -0.3 is 10.5 Å². The molecule has 0 aromatic heterocycles. The van der Waals surface area contributed by atoms with Gasteiger partial charge in [0.05, 0.1) is 23.2 Å². The Bertz CT molecular complexity index is 459. The van der Waals surface area contributed by atoms with Gasteiger partial charge in [-0.3, -0.25) is 10.1 Å². The molecule has 19 heavy (non-hydrogen) atoms. The predicted molar refractivity (Wildman–Crippen MR) is 75.8 cm³/mol. The van der Waals surface area contributed by atoms with E-state index in [0.29, 0.717) is 10.0 Å². The number of rotatable bonds is 4. The van der Waals surface area contributed by atoms with Crippen LogP contribution in [0.2, 0.25) is 0 Å². The summed E-state index contributed by atoms with van der Waals surface area (Å²) in [5.41, 5.74) is 6.55. The van der Waals surface area contributed by atoms with Crippen molar-refractivity contribution < 1.29 is 9.66 Å². The minimum Gasteiger partial charge on any atom is -0.373 e. The fourth-order valence-corrected chi connectivity index (χ4v) is 2.64. The second-order valence-electron chi connectivity index (χ2n) is 4.88. The Morgan fingerprint density at radius 3 is 2.68 bits per heavy atom. The molecular weight excluding hydrogens is 312 g/mol. The van der Waals surface area contributed by atoms with Crippen molar-refractivity contribution in [3.8, 4) is 0 Å². The maximum absolute atomic E-state index is 11.0. The van der Waals surface area contributed by atoms with Crippen LogP contribution in [0.15, 0.2) is 22.7 Å². The van der Waals surface area contributed by atoms with Crippen LogP contribution in [0, 0.1) is 10.1 Å². The quantitative estimate of drug-likeness (QED) is 0.680. The molecule has 2 N–H and O–H groups in total. The summed E-state index contributed by atoms with van der Waals surface area (Å²) in [5.74, 6) is 0. The Morgan fingerprint density at radius 1 is 1.37 bits per heavy atom. The molecule has 0 unspecified atom stereocenters. The number of nitrogens with zero attached hydrogens (tertiary/aromatic N) is 1. The third-order valence-corrected chi connectivity index (χ3v) is 3.93. The zero-order valence-electron chi connectivity index (χ0n) is 10.5. The number of nitrogens with two attached hydrogens (primary N) is 1. The van der Waals surface area contributed by atoms with Crippen molar-refractivity contribution in [3.05, 3.63) is 38.3 Å². The third-order valence-electron chi connectivity index (χ3n) is 3.44. The number of ether oxygens (including phenoxy) is 1. The predicted octanol–water partition coefficient (Wildman–Crippen LogP) is 3.14. The Balaban J connectivity index is 1.97. The Morgan fingerprint density at radius 2 is 2.05 bits per heavy atom. The molecule has 1 aromatic carbocycles. The van der Waals surface area contributed by atoms with E-state index in [4.69, 9.17) is 10.5 Å². The highest BCUT2D eigenvalue weighted by atomic mass is 79.9. The van der Waals surface area contributed by atoms with Crippen LogP contribution in [0.4, 0.5) is 5.69 Å². The summed E-state index contributed by atoms with van der Waals surface area (Å²) < 4.78 is 6.47. The summed E-state index contributed by atoms with van der Waals surface area (Å²) in [6, 6.07) is 5.32. The Labute approximate surface area is 120 Å². The van der Waals surface area contributed by atoms with Gasteiger partial charge in [-0.15, -0.1) is 0 Å². The lowest BCUT2D eigenvalue weighted by Gasteiger charge is -2.26. The van der Waals surface area contributed by atoms with Gasteiger partial charge in [0.1, 0.15) is 0 Å². The van der Waals surface area contributed by atoms with Crippen molar-refractivity contribution >= 4 is 21.6 Å². The van der Waals surface area contributed by atoms with Gasteiger partial charge in [-0.2, -0.15) is 0 Å². The van der Waals surface area contributed by atoms with E-state index in [0.717, 1.165) is 25.7 Å². The monoisotopic (exact) mass is 328 g/mol. The second kappa shape index (κ2) is 6.45. The van der Waals surface area contributed by atoms with E-state index < -0.39 is 0 Å². The molecule has 104 valence electrons. The van der Waals surface area contributed by atoms with Crippen molar-refractivity contribution in [2.24, 2.45) is 5.73 Å². The molecule has 0 bridgehead atoms. The Hall–Kier alpha value is -0.980. The average molecular weight is 329 g/mol. The van der Waals surface area contributed by atoms with Gasteiger partial charge in [0, 0.05) is 16.6 Å². The van der Waals surface area contributed by atoms with E-state index >= 15 is 0 Å². The largest absolute Gasteiger partial charge is 0.373 e. The molecule has 1 aliphatic rings. The molecule has 0 aliphatic heterocycles. The summed E-state index contributed by atoms with van der Waals surface area (Å²) in [6.07, 6.45) is 3.97. The van der Waals surface area contributed by atoms with Crippen molar-refractivity contribution in [3.63, 3.8) is 0 Å². The zero-order chi connectivity index (χ0) is 13.8. The van der Waals surface area contributed by atoms with Crippen molar-refractivity contribution in [2.75, 3.05) is 0 Å². The van der Waals surface area contributed by atoms with Gasteiger partial charge in [0.25, 0.3) is 5.69 Å². The molecule has 1 saturated carbocycles. The van der Waals surface area contributed by atoms with Crippen LogP contribution >= 0.6 is 15.9 Å². The summed E-state index contributed by atoms with van der Waals surface area (Å²) >= 11 is 3.24. The number of hydrogen-bond acceptors (Lipinski definition) is 4. The number of hydrogen-bond donors (Lipinski definition) is 1. The molecule has 5 nitrogen and oxygen atoms in total. The first-order valence-corrected chi connectivity index (χ1v) is 7.15. The summed E-state index contributed by atoms with van der Waals surface area (Å²) in [4.78, 5) is 10.6. The molecule has 1 aromatic rings. The van der Waals surface area contributed by atoms with Crippen molar-refractivity contribution in [1.82, 2.24) is 0 Å². The molecule has 0 radical (unpaired) electrons. The number of benzene rings is 1. The standard InChI is InChI=1S/C13H17BrN2O3/c14-10-2-1-9(13(7-10)16(17)18)8-19-12-5-3-11(15)4-6-12/h1-2,7,11-12H,3-6,8,15H2. The third kappa shape index (κ3) is 3.99. The molecule has 0 amide bonds. The average Bonchev–Trinajstić information content (AvgIpc) is 2.39. The van der Waals surface area contributed by atoms with E-state index in [1.54, 1.807) is 12.1 Å². The van der Waals surface area contributed by atoms with Crippen LogP contribution in [-0.4, -0.2) is 17.1 Å². The van der Waals surface area contributed by atoms with Crippen LogP contribution in [0.25, 0.3) is 0 Å². The van der Waals surface area contributed by atoms with Gasteiger partial charge in [-0.1, -0.05) is 15.9 Å². The molecule has 2 rings (SSSR count). The highest BCUT2D eigenvalue weighted by molar-refractivity contribution is 9.10.